The first-order valence-electron chi connectivity index (χ1n) is 9.60. The smallest absolute Gasteiger partial charge is 0.309 e. The molecule has 0 heterocycles. The Balaban J connectivity index is 2.02. The third-order valence-corrected chi connectivity index (χ3v) is 8.41. The summed E-state index contributed by atoms with van der Waals surface area (Å²) in [5, 5.41) is 20.7. The molecule has 0 spiro atoms. The van der Waals surface area contributed by atoms with Crippen LogP contribution >= 0.6 is 0 Å². The number of aliphatic hydroxyl groups is 1. The lowest BCUT2D eigenvalue weighted by molar-refractivity contribution is -0.176. The third kappa shape index (κ3) is 2.38. The molecule has 3 fully saturated rings. The maximum atomic E-state index is 12.1. The molecule has 136 valence electrons. The van der Waals surface area contributed by atoms with Crippen LogP contribution < -0.4 is 0 Å². The van der Waals surface area contributed by atoms with E-state index in [1.807, 2.05) is 13.8 Å². The Kier molecular flexibility index (Phi) is 3.99. The summed E-state index contributed by atoms with van der Waals surface area (Å²) < 4.78 is 0. The van der Waals surface area contributed by atoms with E-state index in [1.165, 1.54) is 0 Å². The highest BCUT2D eigenvalue weighted by atomic mass is 16.4. The first-order valence-corrected chi connectivity index (χ1v) is 9.60. The summed E-state index contributed by atoms with van der Waals surface area (Å²) in [6.07, 6.45) is 7.56. The molecular weight excluding hydrogens is 300 g/mol. The molecule has 3 nitrogen and oxygen atoms in total. The highest BCUT2D eigenvalue weighted by Gasteiger charge is 2.62. The molecule has 0 aromatic rings. The first kappa shape index (κ1) is 18.0. The van der Waals surface area contributed by atoms with E-state index in [0.29, 0.717) is 5.92 Å². The van der Waals surface area contributed by atoms with Crippen LogP contribution in [0.1, 0.15) is 79.1 Å². The first-order chi connectivity index (χ1) is 11.0. The van der Waals surface area contributed by atoms with Crippen molar-refractivity contribution < 1.29 is 15.0 Å². The second kappa shape index (κ2) is 5.33. The molecule has 3 saturated carbocycles. The summed E-state index contributed by atoms with van der Waals surface area (Å²) in [5.74, 6) is 0.0890. The maximum absolute atomic E-state index is 12.1. The minimum absolute atomic E-state index is 0.0547. The van der Waals surface area contributed by atoms with E-state index in [0.717, 1.165) is 56.9 Å². The van der Waals surface area contributed by atoms with Gasteiger partial charge in [0.15, 0.2) is 0 Å². The van der Waals surface area contributed by atoms with Crippen molar-refractivity contribution in [3.05, 3.63) is 12.2 Å². The van der Waals surface area contributed by atoms with Crippen LogP contribution in [0.5, 0.6) is 0 Å². The summed E-state index contributed by atoms with van der Waals surface area (Å²) in [5.41, 5.74) is -0.221. The standard InChI is InChI=1S/C21H34O3/c1-14-13-18(2)11-7-16-19(3,15(18)8-12-21(14,5)24)9-6-10-20(16,4)17(22)23/h15-16,24H,1,6-13H2,2-5H3,(H,22,23)/t15-,16+,18-,19+,20-,21-/m1/s1. The zero-order valence-corrected chi connectivity index (χ0v) is 15.8. The largest absolute Gasteiger partial charge is 0.481 e. The average molecular weight is 335 g/mol. The van der Waals surface area contributed by atoms with Crippen LogP contribution in [0.4, 0.5) is 0 Å². The van der Waals surface area contributed by atoms with Crippen LogP contribution in [-0.2, 0) is 4.79 Å². The second-order valence-corrected chi connectivity index (χ2v) is 9.97. The number of carbonyl (C=O) groups is 1. The Hall–Kier alpha value is -0.830. The van der Waals surface area contributed by atoms with E-state index in [1.54, 1.807) is 0 Å². The molecule has 0 bridgehead atoms. The Bertz CT molecular complexity index is 565. The topological polar surface area (TPSA) is 57.5 Å². The minimum atomic E-state index is -0.781. The number of hydrogen-bond acceptors (Lipinski definition) is 2. The number of aliphatic carboxylic acids is 1. The molecule has 2 N–H and O–H groups in total. The highest BCUT2D eigenvalue weighted by Crippen LogP contribution is 2.67. The number of hydrogen-bond donors (Lipinski definition) is 2. The Morgan fingerprint density at radius 1 is 1.04 bits per heavy atom. The lowest BCUT2D eigenvalue weighted by atomic mass is 9.42. The van der Waals surface area contributed by atoms with Gasteiger partial charge in [0, 0.05) is 0 Å². The van der Waals surface area contributed by atoms with Crippen molar-refractivity contribution in [2.45, 2.75) is 84.7 Å². The van der Waals surface area contributed by atoms with Crippen LogP contribution in [0, 0.1) is 28.1 Å². The van der Waals surface area contributed by atoms with E-state index >= 15 is 0 Å². The molecule has 0 saturated heterocycles. The predicted molar refractivity (Wildman–Crippen MR) is 95.6 cm³/mol. The van der Waals surface area contributed by atoms with Crippen LogP contribution in [0.2, 0.25) is 0 Å². The molecule has 0 radical (unpaired) electrons. The lowest BCUT2D eigenvalue weighted by Crippen LogP contribution is -2.57. The van der Waals surface area contributed by atoms with Crippen molar-refractivity contribution in [1.29, 1.82) is 0 Å². The summed E-state index contributed by atoms with van der Waals surface area (Å²) in [4.78, 5) is 12.1. The fourth-order valence-corrected chi connectivity index (χ4v) is 6.85. The van der Waals surface area contributed by atoms with Gasteiger partial charge in [0.1, 0.15) is 0 Å². The third-order valence-electron chi connectivity index (χ3n) is 8.41. The van der Waals surface area contributed by atoms with Crippen LogP contribution in [-0.4, -0.2) is 21.8 Å². The van der Waals surface area contributed by atoms with E-state index in [2.05, 4.69) is 20.4 Å². The van der Waals surface area contributed by atoms with Crippen molar-refractivity contribution in [3.8, 4) is 0 Å². The molecule has 3 aliphatic rings. The van der Waals surface area contributed by atoms with Crippen molar-refractivity contribution in [2.24, 2.45) is 28.1 Å². The summed E-state index contributed by atoms with van der Waals surface area (Å²) >= 11 is 0. The zero-order chi connectivity index (χ0) is 18.0. The highest BCUT2D eigenvalue weighted by molar-refractivity contribution is 5.75. The van der Waals surface area contributed by atoms with E-state index in [-0.39, 0.29) is 16.7 Å². The van der Waals surface area contributed by atoms with Gasteiger partial charge in [-0.05, 0) is 87.0 Å². The number of carboxylic acid groups (broad SMARTS) is 1. The molecule has 6 atom stereocenters. The van der Waals surface area contributed by atoms with Crippen LogP contribution in [0.3, 0.4) is 0 Å². The molecule has 24 heavy (non-hydrogen) atoms. The monoisotopic (exact) mass is 334 g/mol. The molecular formula is C21H34O3. The van der Waals surface area contributed by atoms with Gasteiger partial charge in [-0.1, -0.05) is 26.8 Å². The van der Waals surface area contributed by atoms with Crippen LogP contribution in [0.15, 0.2) is 12.2 Å². The normalized spacial score (nSPS) is 52.1. The van der Waals surface area contributed by atoms with Gasteiger partial charge in [-0.25, -0.2) is 0 Å². The number of rotatable bonds is 1. The van der Waals surface area contributed by atoms with Gasteiger partial charge in [0.05, 0.1) is 11.0 Å². The Labute approximate surface area is 146 Å². The summed E-state index contributed by atoms with van der Waals surface area (Å²) in [6, 6.07) is 0. The van der Waals surface area contributed by atoms with Gasteiger partial charge in [-0.2, -0.15) is 0 Å². The second-order valence-electron chi connectivity index (χ2n) is 9.97. The number of fused-ring (bicyclic) bond motifs is 3. The van der Waals surface area contributed by atoms with E-state index in [4.69, 9.17) is 0 Å². The average Bonchev–Trinajstić information content (AvgIpc) is 2.54. The predicted octanol–water partition coefficient (Wildman–Crippen LogP) is 4.79. The van der Waals surface area contributed by atoms with Gasteiger partial charge < -0.3 is 10.2 Å². The zero-order valence-electron chi connectivity index (χ0n) is 15.8. The molecule has 3 heteroatoms. The van der Waals surface area contributed by atoms with E-state index in [9.17, 15) is 15.0 Å². The Morgan fingerprint density at radius 3 is 2.29 bits per heavy atom. The van der Waals surface area contributed by atoms with Crippen molar-refractivity contribution in [1.82, 2.24) is 0 Å². The molecule has 0 aromatic heterocycles. The van der Waals surface area contributed by atoms with Gasteiger partial charge in [0.25, 0.3) is 0 Å². The maximum Gasteiger partial charge on any atom is 0.309 e. The SMILES string of the molecule is C=C1C[C@@]2(C)CC[C@H]3[C@@](C)(CCC[C@@]3(C)C(=O)O)[C@@H]2CC[C@@]1(C)O. The fraction of sp³-hybridized carbons (Fsp3) is 0.857. The van der Waals surface area contributed by atoms with Crippen molar-refractivity contribution in [3.63, 3.8) is 0 Å². The van der Waals surface area contributed by atoms with Gasteiger partial charge in [0.2, 0.25) is 0 Å². The lowest BCUT2D eigenvalue weighted by Gasteiger charge is -2.62. The molecule has 3 aliphatic carbocycles. The molecule has 0 unspecified atom stereocenters. The molecule has 3 rings (SSSR count). The summed E-state index contributed by atoms with van der Waals surface area (Å²) in [6.45, 7) is 12.8. The molecule has 0 amide bonds. The summed E-state index contributed by atoms with van der Waals surface area (Å²) in [7, 11) is 0. The van der Waals surface area contributed by atoms with Gasteiger partial charge >= 0.3 is 5.97 Å². The van der Waals surface area contributed by atoms with Gasteiger partial charge in [-0.15, -0.1) is 0 Å². The quantitative estimate of drug-likeness (QED) is 0.678. The van der Waals surface area contributed by atoms with Crippen LogP contribution in [0.25, 0.3) is 0 Å². The Morgan fingerprint density at radius 2 is 1.67 bits per heavy atom. The number of carboxylic acids is 1. The van der Waals surface area contributed by atoms with Crippen molar-refractivity contribution >= 4 is 5.97 Å². The van der Waals surface area contributed by atoms with Gasteiger partial charge in [-0.3, -0.25) is 4.79 Å². The minimum Gasteiger partial charge on any atom is -0.481 e. The fourth-order valence-electron chi connectivity index (χ4n) is 6.85. The molecule has 0 aromatic carbocycles. The van der Waals surface area contributed by atoms with E-state index < -0.39 is 17.0 Å². The van der Waals surface area contributed by atoms with Crippen molar-refractivity contribution in [2.75, 3.05) is 0 Å². The molecule has 0 aliphatic heterocycles.